The van der Waals surface area contributed by atoms with E-state index in [-0.39, 0.29) is 11.8 Å². The Balaban J connectivity index is 1.23. The first kappa shape index (κ1) is 24.9. The first-order valence-corrected chi connectivity index (χ1v) is 13.1. The third-order valence-corrected chi connectivity index (χ3v) is 7.16. The van der Waals surface area contributed by atoms with Crippen molar-refractivity contribution in [1.29, 1.82) is 0 Å². The largest absolute Gasteiger partial charge is 0.323 e. The first-order chi connectivity index (χ1) is 18.9. The minimum atomic E-state index is -0.400. The van der Waals surface area contributed by atoms with Crippen molar-refractivity contribution >= 4 is 63.2 Å². The molecule has 8 nitrogen and oxygen atoms in total. The molecule has 0 radical (unpaired) electrons. The summed E-state index contributed by atoms with van der Waals surface area (Å²) in [6, 6.07) is 22.0. The van der Waals surface area contributed by atoms with Crippen LogP contribution in [0.5, 0.6) is 0 Å². The van der Waals surface area contributed by atoms with E-state index in [4.69, 9.17) is 23.2 Å². The van der Waals surface area contributed by atoms with E-state index in [2.05, 4.69) is 32.0 Å². The van der Waals surface area contributed by atoms with E-state index in [1.165, 1.54) is 6.33 Å². The Morgan fingerprint density at radius 2 is 1.59 bits per heavy atom. The molecule has 2 heterocycles. The van der Waals surface area contributed by atoms with E-state index in [0.717, 1.165) is 34.9 Å². The summed E-state index contributed by atoms with van der Waals surface area (Å²) in [6.45, 7) is 0. The first-order valence-electron chi connectivity index (χ1n) is 12.3. The molecule has 6 rings (SSSR count). The number of fused-ring (bicyclic) bond motifs is 1. The minimum absolute atomic E-state index is 0.00145. The van der Waals surface area contributed by atoms with Crippen LogP contribution in [0.15, 0.2) is 85.3 Å². The van der Waals surface area contributed by atoms with E-state index in [1.807, 2.05) is 53.2 Å². The zero-order valence-electron chi connectivity index (χ0n) is 20.5. The van der Waals surface area contributed by atoms with Crippen LogP contribution < -0.4 is 16.0 Å². The van der Waals surface area contributed by atoms with Crippen molar-refractivity contribution in [3.05, 3.63) is 95.4 Å². The Bertz CT molecular complexity index is 1730. The number of anilines is 3. The molecule has 1 saturated carbocycles. The zero-order chi connectivity index (χ0) is 26.9. The van der Waals surface area contributed by atoms with Crippen molar-refractivity contribution in [2.75, 3.05) is 16.0 Å². The molecule has 194 valence electrons. The molecule has 3 aromatic carbocycles. The number of rotatable bonds is 6. The number of hydrogen-bond donors (Lipinski definition) is 3. The topological polar surface area (TPSA) is 101 Å². The van der Waals surface area contributed by atoms with Crippen LogP contribution in [0.2, 0.25) is 10.0 Å². The van der Waals surface area contributed by atoms with E-state index < -0.39 is 6.03 Å². The average Bonchev–Trinajstić information content (AvgIpc) is 3.70. The Morgan fingerprint density at radius 1 is 0.795 bits per heavy atom. The van der Waals surface area contributed by atoms with Gasteiger partial charge in [-0.25, -0.2) is 14.8 Å². The molecule has 0 spiro atoms. The number of halogens is 2. The summed E-state index contributed by atoms with van der Waals surface area (Å²) >= 11 is 12.0. The number of benzene rings is 3. The fourth-order valence-electron chi connectivity index (χ4n) is 4.27. The molecule has 5 aromatic rings. The van der Waals surface area contributed by atoms with Gasteiger partial charge in [-0.1, -0.05) is 47.5 Å². The number of carbonyl (C=O) groups excluding carboxylic acids is 2. The quantitative estimate of drug-likeness (QED) is 0.203. The van der Waals surface area contributed by atoms with Gasteiger partial charge < -0.3 is 20.5 Å². The molecule has 3 amide bonds. The lowest BCUT2D eigenvalue weighted by Gasteiger charge is -2.11. The summed E-state index contributed by atoms with van der Waals surface area (Å²) in [7, 11) is 0. The number of aromatic nitrogens is 3. The molecule has 0 unspecified atom stereocenters. The fourth-order valence-corrected chi connectivity index (χ4v) is 4.57. The molecule has 0 bridgehead atoms. The van der Waals surface area contributed by atoms with E-state index in [1.54, 1.807) is 24.3 Å². The predicted octanol–water partition coefficient (Wildman–Crippen LogP) is 7.39. The molecular formula is C29H22Cl2N6O2. The van der Waals surface area contributed by atoms with Gasteiger partial charge in [0, 0.05) is 34.9 Å². The molecular weight excluding hydrogens is 535 g/mol. The standard InChI is InChI=1S/C29H22Cl2N6O2/c30-23-9-8-22(14-24(23)31)35-29(39)34-21-3-1-2-19(12-21)20-7-4-17-10-11-37(25(17)13-20)27-15-26(32-16-33-27)36-28(38)18-5-6-18/h1-4,7-16,18H,5-6H2,(H2,34,35,39)(H,32,33,36,38). The summed E-state index contributed by atoms with van der Waals surface area (Å²) in [5, 5.41) is 10.3. The highest BCUT2D eigenvalue weighted by Crippen LogP contribution is 2.31. The Labute approximate surface area is 234 Å². The van der Waals surface area contributed by atoms with Gasteiger partial charge >= 0.3 is 6.03 Å². The van der Waals surface area contributed by atoms with Crippen molar-refractivity contribution in [3.63, 3.8) is 0 Å². The lowest BCUT2D eigenvalue weighted by molar-refractivity contribution is -0.117. The van der Waals surface area contributed by atoms with E-state index >= 15 is 0 Å². The van der Waals surface area contributed by atoms with Crippen LogP contribution in [0.4, 0.5) is 22.0 Å². The second-order valence-electron chi connectivity index (χ2n) is 9.27. The summed E-state index contributed by atoms with van der Waals surface area (Å²) in [6.07, 6.45) is 5.24. The van der Waals surface area contributed by atoms with Crippen LogP contribution in [0.25, 0.3) is 27.8 Å². The molecule has 0 atom stereocenters. The van der Waals surface area contributed by atoms with Gasteiger partial charge in [0.2, 0.25) is 5.91 Å². The number of nitrogens with one attached hydrogen (secondary N) is 3. The number of nitrogens with zero attached hydrogens (tertiary/aromatic N) is 3. The lowest BCUT2D eigenvalue weighted by Crippen LogP contribution is -2.19. The van der Waals surface area contributed by atoms with Crippen molar-refractivity contribution in [3.8, 4) is 16.9 Å². The smallest absolute Gasteiger partial charge is 0.310 e. The van der Waals surface area contributed by atoms with E-state index in [9.17, 15) is 9.59 Å². The van der Waals surface area contributed by atoms with Crippen LogP contribution >= 0.6 is 23.2 Å². The van der Waals surface area contributed by atoms with Gasteiger partial charge in [0.05, 0.1) is 15.6 Å². The van der Waals surface area contributed by atoms with Crippen LogP contribution in [0.3, 0.4) is 0 Å². The number of amides is 3. The summed E-state index contributed by atoms with van der Waals surface area (Å²) < 4.78 is 1.96. The monoisotopic (exact) mass is 556 g/mol. The van der Waals surface area contributed by atoms with E-state index in [0.29, 0.717) is 33.1 Å². The fraction of sp³-hybridized carbons (Fsp3) is 0.103. The molecule has 39 heavy (non-hydrogen) atoms. The molecule has 1 aliphatic carbocycles. The maximum Gasteiger partial charge on any atom is 0.323 e. The van der Waals surface area contributed by atoms with Gasteiger partial charge in [-0.2, -0.15) is 0 Å². The highest BCUT2D eigenvalue weighted by atomic mass is 35.5. The number of carbonyl (C=O) groups is 2. The van der Waals surface area contributed by atoms with Crippen molar-refractivity contribution < 1.29 is 9.59 Å². The van der Waals surface area contributed by atoms with Crippen LogP contribution in [0.1, 0.15) is 12.8 Å². The van der Waals surface area contributed by atoms with Gasteiger partial charge in [0.25, 0.3) is 0 Å². The molecule has 10 heteroatoms. The number of urea groups is 1. The molecule has 1 aliphatic rings. The summed E-state index contributed by atoms with van der Waals surface area (Å²) in [5.74, 6) is 1.22. The highest BCUT2D eigenvalue weighted by molar-refractivity contribution is 6.42. The van der Waals surface area contributed by atoms with Crippen LogP contribution in [-0.4, -0.2) is 26.5 Å². The van der Waals surface area contributed by atoms with Crippen molar-refractivity contribution in [1.82, 2.24) is 14.5 Å². The molecule has 1 fully saturated rings. The molecule has 0 saturated heterocycles. The van der Waals surface area contributed by atoms with Crippen LogP contribution in [0, 0.1) is 5.92 Å². The second-order valence-corrected chi connectivity index (χ2v) is 10.1. The Hall–Kier alpha value is -4.40. The maximum atomic E-state index is 12.6. The predicted molar refractivity (Wildman–Crippen MR) is 155 cm³/mol. The van der Waals surface area contributed by atoms with Gasteiger partial charge in [-0.3, -0.25) is 4.79 Å². The normalized spacial score (nSPS) is 12.8. The van der Waals surface area contributed by atoms with Gasteiger partial charge in [0.1, 0.15) is 18.0 Å². The molecule has 2 aromatic heterocycles. The summed E-state index contributed by atoms with van der Waals surface area (Å²) in [4.78, 5) is 33.4. The van der Waals surface area contributed by atoms with Gasteiger partial charge in [0.15, 0.2) is 0 Å². The van der Waals surface area contributed by atoms with Gasteiger partial charge in [-0.05, 0) is 66.4 Å². The lowest BCUT2D eigenvalue weighted by atomic mass is 10.0. The van der Waals surface area contributed by atoms with Crippen molar-refractivity contribution in [2.45, 2.75) is 12.8 Å². The molecule has 0 aliphatic heterocycles. The SMILES string of the molecule is O=C(Nc1cccc(-c2ccc3ccn(-c4cc(NC(=O)C5CC5)ncn4)c3c2)c1)Nc1ccc(Cl)c(Cl)c1. The zero-order valence-corrected chi connectivity index (χ0v) is 22.0. The highest BCUT2D eigenvalue weighted by Gasteiger charge is 2.29. The average molecular weight is 557 g/mol. The molecule has 3 N–H and O–H groups in total. The number of hydrogen-bond acceptors (Lipinski definition) is 4. The van der Waals surface area contributed by atoms with Crippen LogP contribution in [-0.2, 0) is 4.79 Å². The Kier molecular flexibility index (Phi) is 6.64. The third-order valence-electron chi connectivity index (χ3n) is 6.42. The third kappa shape index (κ3) is 5.57. The minimum Gasteiger partial charge on any atom is -0.310 e. The van der Waals surface area contributed by atoms with Crippen molar-refractivity contribution in [2.24, 2.45) is 5.92 Å². The summed E-state index contributed by atoms with van der Waals surface area (Å²) in [5.41, 5.74) is 4.00. The van der Waals surface area contributed by atoms with Gasteiger partial charge in [-0.15, -0.1) is 0 Å². The Morgan fingerprint density at radius 3 is 2.38 bits per heavy atom. The second kappa shape index (κ2) is 10.4. The maximum absolute atomic E-state index is 12.6.